The van der Waals surface area contributed by atoms with Crippen LogP contribution in [0.2, 0.25) is 0 Å². The number of carboxylic acid groups (broad SMARTS) is 1. The first kappa shape index (κ1) is 26.4. The van der Waals surface area contributed by atoms with Gasteiger partial charge in [-0.1, -0.05) is 96.3 Å². The highest BCUT2D eigenvalue weighted by atomic mass is 16.5. The first-order valence-electron chi connectivity index (χ1n) is 11.3. The molecule has 5 heteroatoms. The first-order chi connectivity index (χ1) is 13.0. The predicted octanol–water partition coefficient (Wildman–Crippen LogP) is 5.12. The van der Waals surface area contributed by atoms with Crippen molar-refractivity contribution in [2.24, 2.45) is 5.73 Å². The largest absolute Gasteiger partial charge is 0.481 e. The molecule has 0 fully saturated rings. The highest BCUT2D eigenvalue weighted by molar-refractivity contribution is 5.66. The minimum absolute atomic E-state index is 0.0817. The fraction of sp³-hybridized carbons (Fsp3) is 0.955. The molecule has 5 N–H and O–H groups in total. The van der Waals surface area contributed by atoms with Crippen LogP contribution in [0.25, 0.3) is 0 Å². The summed E-state index contributed by atoms with van der Waals surface area (Å²) in [5.41, 5.74) is 5.27. The molecule has 5 nitrogen and oxygen atoms in total. The molecule has 0 radical (unpaired) electrons. The molecule has 0 aliphatic carbocycles. The lowest BCUT2D eigenvalue weighted by molar-refractivity contribution is -0.157. The van der Waals surface area contributed by atoms with Crippen molar-refractivity contribution in [1.29, 1.82) is 0 Å². The molecule has 0 aromatic carbocycles. The maximum absolute atomic E-state index is 10.4. The van der Waals surface area contributed by atoms with Crippen LogP contribution in [0.3, 0.4) is 0 Å². The standard InChI is InChI=1S/C22H45NO4/c23-20-22(26,27)19-17-15-13-11-9-7-5-3-1-2-4-6-8-10-12-14-16-18-21(24)25/h26-27H,1-20,23H2,(H,24,25). The third-order valence-electron chi connectivity index (χ3n) is 5.29. The lowest BCUT2D eigenvalue weighted by atomic mass is 10.0. The molecule has 0 unspecified atom stereocenters. The Morgan fingerprint density at radius 3 is 1.19 bits per heavy atom. The molecule has 0 aliphatic rings. The van der Waals surface area contributed by atoms with Gasteiger partial charge < -0.3 is 21.1 Å². The van der Waals surface area contributed by atoms with Gasteiger partial charge in [0.05, 0.1) is 0 Å². The van der Waals surface area contributed by atoms with Gasteiger partial charge in [0.25, 0.3) is 0 Å². The molecular formula is C22H45NO4. The summed E-state index contributed by atoms with van der Waals surface area (Å²) in [5, 5.41) is 27.3. The molecule has 0 bridgehead atoms. The molecule has 0 aromatic rings. The molecule has 27 heavy (non-hydrogen) atoms. The van der Waals surface area contributed by atoms with Crippen LogP contribution < -0.4 is 5.73 Å². The van der Waals surface area contributed by atoms with E-state index in [1.807, 2.05) is 0 Å². The number of carbonyl (C=O) groups is 1. The number of rotatable bonds is 21. The summed E-state index contributed by atoms with van der Waals surface area (Å²) >= 11 is 0. The zero-order chi connectivity index (χ0) is 20.2. The average molecular weight is 388 g/mol. The lowest BCUT2D eigenvalue weighted by Crippen LogP contribution is -2.37. The summed E-state index contributed by atoms with van der Waals surface area (Å²) in [7, 11) is 0. The predicted molar refractivity (Wildman–Crippen MR) is 112 cm³/mol. The van der Waals surface area contributed by atoms with E-state index in [0.717, 1.165) is 25.7 Å². The van der Waals surface area contributed by atoms with Gasteiger partial charge in [0.1, 0.15) is 0 Å². The number of aliphatic hydroxyl groups is 2. The van der Waals surface area contributed by atoms with E-state index < -0.39 is 11.8 Å². The molecule has 0 atom stereocenters. The Morgan fingerprint density at radius 2 is 0.889 bits per heavy atom. The maximum atomic E-state index is 10.4. The van der Waals surface area contributed by atoms with Gasteiger partial charge in [0.2, 0.25) is 0 Å². The molecular weight excluding hydrogens is 342 g/mol. The normalized spacial score (nSPS) is 11.8. The summed E-state index contributed by atoms with van der Waals surface area (Å²) in [6.45, 7) is -0.0817. The molecule has 0 amide bonds. The molecule has 0 aromatic heterocycles. The van der Waals surface area contributed by atoms with Gasteiger partial charge in [-0.15, -0.1) is 0 Å². The fourth-order valence-electron chi connectivity index (χ4n) is 3.44. The van der Waals surface area contributed by atoms with E-state index in [0.29, 0.717) is 12.8 Å². The monoisotopic (exact) mass is 387 g/mol. The lowest BCUT2D eigenvalue weighted by Gasteiger charge is -2.18. The van der Waals surface area contributed by atoms with Crippen molar-refractivity contribution < 1.29 is 20.1 Å². The third kappa shape index (κ3) is 21.5. The second kappa shape index (κ2) is 18.7. The van der Waals surface area contributed by atoms with Crippen molar-refractivity contribution in [2.45, 2.75) is 128 Å². The van der Waals surface area contributed by atoms with Crippen LogP contribution in [0.5, 0.6) is 0 Å². The van der Waals surface area contributed by atoms with Crippen molar-refractivity contribution in [1.82, 2.24) is 0 Å². The number of aliphatic carboxylic acids is 1. The number of carboxylic acids is 1. The molecule has 0 saturated heterocycles. The van der Waals surface area contributed by atoms with Gasteiger partial charge in [-0.3, -0.25) is 4.79 Å². The van der Waals surface area contributed by atoms with Gasteiger partial charge >= 0.3 is 5.97 Å². The average Bonchev–Trinajstić information content (AvgIpc) is 2.63. The van der Waals surface area contributed by atoms with E-state index in [4.69, 9.17) is 10.8 Å². The summed E-state index contributed by atoms with van der Waals surface area (Å²) in [4.78, 5) is 10.4. The number of unbranched alkanes of at least 4 members (excludes halogenated alkanes) is 16. The van der Waals surface area contributed by atoms with E-state index >= 15 is 0 Å². The number of hydrogen-bond donors (Lipinski definition) is 4. The summed E-state index contributed by atoms with van der Waals surface area (Å²) in [6, 6.07) is 0. The van der Waals surface area contributed by atoms with Crippen LogP contribution in [0.15, 0.2) is 0 Å². The van der Waals surface area contributed by atoms with Gasteiger partial charge in [-0.25, -0.2) is 0 Å². The van der Waals surface area contributed by atoms with Crippen LogP contribution in [0, 0.1) is 0 Å². The molecule has 162 valence electrons. The quantitative estimate of drug-likeness (QED) is 0.162. The zero-order valence-corrected chi connectivity index (χ0v) is 17.5. The Bertz CT molecular complexity index is 334. The van der Waals surface area contributed by atoms with Crippen molar-refractivity contribution in [3.05, 3.63) is 0 Å². The highest BCUT2D eigenvalue weighted by Gasteiger charge is 2.19. The number of hydrogen-bond acceptors (Lipinski definition) is 4. The van der Waals surface area contributed by atoms with Crippen LogP contribution in [-0.2, 0) is 4.79 Å². The number of nitrogens with two attached hydrogens (primary N) is 1. The second-order valence-electron chi connectivity index (χ2n) is 8.09. The van der Waals surface area contributed by atoms with Crippen LogP contribution in [0.1, 0.15) is 122 Å². The second-order valence-corrected chi connectivity index (χ2v) is 8.09. The highest BCUT2D eigenvalue weighted by Crippen LogP contribution is 2.15. The molecule has 0 aliphatic heterocycles. The SMILES string of the molecule is NCC(O)(O)CCCCCCCCCCCCCCCCCCCC(=O)O. The Hall–Kier alpha value is -0.650. The summed E-state index contributed by atoms with van der Waals surface area (Å²) < 4.78 is 0. The molecule has 0 rings (SSSR count). The first-order valence-corrected chi connectivity index (χ1v) is 11.3. The minimum Gasteiger partial charge on any atom is -0.481 e. The van der Waals surface area contributed by atoms with Crippen molar-refractivity contribution in [3.8, 4) is 0 Å². The van der Waals surface area contributed by atoms with E-state index in [1.165, 1.54) is 83.5 Å². The van der Waals surface area contributed by atoms with Gasteiger partial charge in [0, 0.05) is 19.4 Å². The summed E-state index contributed by atoms with van der Waals surface area (Å²) in [6.07, 6.45) is 21.3. The Balaban J connectivity index is 3.08. The Kier molecular flexibility index (Phi) is 18.3. The van der Waals surface area contributed by atoms with Gasteiger partial charge in [-0.2, -0.15) is 0 Å². The topological polar surface area (TPSA) is 104 Å². The smallest absolute Gasteiger partial charge is 0.303 e. The minimum atomic E-state index is -1.66. The Labute approximate surface area is 166 Å². The zero-order valence-electron chi connectivity index (χ0n) is 17.5. The van der Waals surface area contributed by atoms with E-state index in [1.54, 1.807) is 0 Å². The van der Waals surface area contributed by atoms with Gasteiger partial charge in [-0.05, 0) is 12.8 Å². The molecule has 0 saturated carbocycles. The van der Waals surface area contributed by atoms with Crippen LogP contribution in [-0.4, -0.2) is 33.6 Å². The Morgan fingerprint density at radius 1 is 0.593 bits per heavy atom. The maximum Gasteiger partial charge on any atom is 0.303 e. The van der Waals surface area contributed by atoms with Crippen molar-refractivity contribution >= 4 is 5.97 Å². The van der Waals surface area contributed by atoms with Gasteiger partial charge in [0.15, 0.2) is 5.79 Å². The van der Waals surface area contributed by atoms with E-state index in [2.05, 4.69) is 0 Å². The molecule has 0 heterocycles. The third-order valence-corrected chi connectivity index (χ3v) is 5.29. The van der Waals surface area contributed by atoms with Crippen molar-refractivity contribution in [3.63, 3.8) is 0 Å². The van der Waals surface area contributed by atoms with Crippen molar-refractivity contribution in [2.75, 3.05) is 6.54 Å². The van der Waals surface area contributed by atoms with Crippen LogP contribution >= 0.6 is 0 Å². The van der Waals surface area contributed by atoms with E-state index in [9.17, 15) is 15.0 Å². The van der Waals surface area contributed by atoms with Crippen LogP contribution in [0.4, 0.5) is 0 Å². The van der Waals surface area contributed by atoms with E-state index in [-0.39, 0.29) is 6.54 Å². The fourth-order valence-corrected chi connectivity index (χ4v) is 3.44. The molecule has 0 spiro atoms. The summed E-state index contributed by atoms with van der Waals surface area (Å²) in [5.74, 6) is -2.34.